The molecule has 0 spiro atoms. The summed E-state index contributed by atoms with van der Waals surface area (Å²) < 4.78 is 0. The smallest absolute Gasteiger partial charge is 0.158 e. The Balaban J connectivity index is 2.45. The lowest BCUT2D eigenvalue weighted by atomic mass is 9.67. The van der Waals surface area contributed by atoms with Crippen molar-refractivity contribution in [1.29, 1.82) is 0 Å². The first-order valence-corrected chi connectivity index (χ1v) is 7.01. The van der Waals surface area contributed by atoms with Crippen LogP contribution in [0.3, 0.4) is 0 Å². The highest BCUT2D eigenvalue weighted by Crippen LogP contribution is 2.42. The minimum Gasteiger partial charge on any atom is -0.295 e. The van der Waals surface area contributed by atoms with Crippen LogP contribution < -0.4 is 0 Å². The first-order chi connectivity index (χ1) is 7.83. The third kappa shape index (κ3) is 4.29. The van der Waals surface area contributed by atoms with Crippen molar-refractivity contribution in [3.05, 3.63) is 12.2 Å². The largest absolute Gasteiger partial charge is 0.295 e. The van der Waals surface area contributed by atoms with Gasteiger partial charge in [0, 0.05) is 6.42 Å². The maximum Gasteiger partial charge on any atom is 0.158 e. The molecule has 0 aromatic carbocycles. The summed E-state index contributed by atoms with van der Waals surface area (Å²) in [5.41, 5.74) is 1.02. The molecule has 0 radical (unpaired) electrons. The zero-order valence-electron chi connectivity index (χ0n) is 12.0. The maximum atomic E-state index is 11.6. The molecule has 0 amide bonds. The Morgan fingerprint density at radius 1 is 1.24 bits per heavy atom. The molecule has 1 heteroatoms. The number of ketones is 1. The van der Waals surface area contributed by atoms with E-state index in [0.29, 0.717) is 17.4 Å². The lowest BCUT2D eigenvalue weighted by Crippen LogP contribution is -2.28. The fourth-order valence-electron chi connectivity index (χ4n) is 2.89. The third-order valence-corrected chi connectivity index (χ3v) is 4.59. The van der Waals surface area contributed by atoms with Gasteiger partial charge in [-0.3, -0.25) is 4.79 Å². The van der Waals surface area contributed by atoms with E-state index in [0.717, 1.165) is 18.3 Å². The summed E-state index contributed by atoms with van der Waals surface area (Å²) in [7, 11) is 0. The number of allylic oxidation sites excluding steroid dienone is 1. The number of carbonyl (C=O) groups excluding carboxylic acids is 1. The summed E-state index contributed by atoms with van der Waals surface area (Å²) >= 11 is 0. The molecule has 0 unspecified atom stereocenters. The van der Waals surface area contributed by atoms with E-state index in [4.69, 9.17) is 0 Å². The second-order valence-corrected chi connectivity index (χ2v) is 6.65. The normalized spacial score (nSPS) is 25.6. The molecule has 0 atom stereocenters. The molecule has 1 rings (SSSR count). The standard InChI is InChI=1S/C16H28O/c1-12(2)15(17)10-11-16(4,5)14-8-6-13(3)7-9-14/h13-14H,1,6-11H2,2-5H3. The molecular weight excluding hydrogens is 208 g/mol. The lowest BCUT2D eigenvalue weighted by Gasteiger charge is -2.38. The van der Waals surface area contributed by atoms with Crippen LogP contribution in [0.1, 0.15) is 66.2 Å². The zero-order valence-corrected chi connectivity index (χ0v) is 12.0. The molecule has 0 N–H and O–H groups in total. The van der Waals surface area contributed by atoms with E-state index in [1.54, 1.807) is 0 Å². The van der Waals surface area contributed by atoms with Gasteiger partial charge in [0.05, 0.1) is 0 Å². The predicted molar refractivity (Wildman–Crippen MR) is 74.0 cm³/mol. The van der Waals surface area contributed by atoms with Gasteiger partial charge in [0.15, 0.2) is 5.78 Å². The van der Waals surface area contributed by atoms with Gasteiger partial charge in [-0.2, -0.15) is 0 Å². The van der Waals surface area contributed by atoms with Gasteiger partial charge >= 0.3 is 0 Å². The van der Waals surface area contributed by atoms with Crippen molar-refractivity contribution in [1.82, 2.24) is 0 Å². The molecule has 1 fully saturated rings. The van der Waals surface area contributed by atoms with E-state index < -0.39 is 0 Å². The van der Waals surface area contributed by atoms with E-state index in [2.05, 4.69) is 27.4 Å². The van der Waals surface area contributed by atoms with E-state index >= 15 is 0 Å². The molecule has 0 aromatic heterocycles. The van der Waals surface area contributed by atoms with E-state index in [1.165, 1.54) is 25.7 Å². The molecule has 0 bridgehead atoms. The lowest BCUT2D eigenvalue weighted by molar-refractivity contribution is -0.116. The van der Waals surface area contributed by atoms with Crippen molar-refractivity contribution in [2.45, 2.75) is 66.2 Å². The van der Waals surface area contributed by atoms with E-state index in [1.807, 2.05) is 6.92 Å². The number of rotatable bonds is 5. The fraction of sp³-hybridized carbons (Fsp3) is 0.812. The third-order valence-electron chi connectivity index (χ3n) is 4.59. The van der Waals surface area contributed by atoms with Gasteiger partial charge < -0.3 is 0 Å². The molecule has 0 aromatic rings. The Morgan fingerprint density at radius 3 is 2.24 bits per heavy atom. The molecule has 0 aliphatic heterocycles. The van der Waals surface area contributed by atoms with Crippen LogP contribution in [0.15, 0.2) is 12.2 Å². The first kappa shape index (κ1) is 14.5. The quantitative estimate of drug-likeness (QED) is 0.629. The van der Waals surface area contributed by atoms with Crippen molar-refractivity contribution in [3.8, 4) is 0 Å². The van der Waals surface area contributed by atoms with Crippen LogP contribution in [0, 0.1) is 17.3 Å². The second kappa shape index (κ2) is 5.84. The summed E-state index contributed by atoms with van der Waals surface area (Å²) in [6.45, 7) is 12.6. The molecule has 1 nitrogen and oxygen atoms in total. The second-order valence-electron chi connectivity index (χ2n) is 6.65. The summed E-state index contributed by atoms with van der Waals surface area (Å²) in [6.07, 6.45) is 7.10. The monoisotopic (exact) mass is 236 g/mol. The average molecular weight is 236 g/mol. The Kier molecular flexibility index (Phi) is 4.97. The van der Waals surface area contributed by atoms with Crippen LogP contribution in [0.2, 0.25) is 0 Å². The van der Waals surface area contributed by atoms with Crippen LogP contribution in [0.25, 0.3) is 0 Å². The SMILES string of the molecule is C=C(C)C(=O)CCC(C)(C)C1CCC(C)CC1. The zero-order chi connectivity index (χ0) is 13.1. The van der Waals surface area contributed by atoms with Crippen LogP contribution in [-0.2, 0) is 4.79 Å². The first-order valence-electron chi connectivity index (χ1n) is 7.01. The molecule has 17 heavy (non-hydrogen) atoms. The maximum absolute atomic E-state index is 11.6. The molecule has 1 aliphatic carbocycles. The Morgan fingerprint density at radius 2 is 1.76 bits per heavy atom. The van der Waals surface area contributed by atoms with Gasteiger partial charge in [-0.15, -0.1) is 0 Å². The number of hydrogen-bond acceptors (Lipinski definition) is 1. The molecule has 1 aliphatic rings. The summed E-state index contributed by atoms with van der Waals surface area (Å²) in [6, 6.07) is 0. The topological polar surface area (TPSA) is 17.1 Å². The molecular formula is C16H28O. The fourth-order valence-corrected chi connectivity index (χ4v) is 2.89. The number of hydrogen-bond donors (Lipinski definition) is 0. The Hall–Kier alpha value is -0.590. The van der Waals surface area contributed by atoms with Crippen LogP contribution >= 0.6 is 0 Å². The molecule has 0 heterocycles. The van der Waals surface area contributed by atoms with E-state index in [9.17, 15) is 4.79 Å². The predicted octanol–water partition coefficient (Wildman–Crippen LogP) is 4.76. The van der Waals surface area contributed by atoms with Gasteiger partial charge in [0.2, 0.25) is 0 Å². The number of Topliss-reactive ketones (excluding diaryl/α,β-unsaturated/α-hetero) is 1. The van der Waals surface area contributed by atoms with E-state index in [-0.39, 0.29) is 5.78 Å². The van der Waals surface area contributed by atoms with Crippen molar-refractivity contribution in [3.63, 3.8) is 0 Å². The summed E-state index contributed by atoms with van der Waals surface area (Å²) in [5, 5.41) is 0. The number of carbonyl (C=O) groups is 1. The highest BCUT2D eigenvalue weighted by molar-refractivity contribution is 5.94. The van der Waals surface area contributed by atoms with Gasteiger partial charge in [-0.25, -0.2) is 0 Å². The highest BCUT2D eigenvalue weighted by atomic mass is 16.1. The highest BCUT2D eigenvalue weighted by Gasteiger charge is 2.32. The van der Waals surface area contributed by atoms with Gasteiger partial charge in [0.1, 0.15) is 0 Å². The van der Waals surface area contributed by atoms with Crippen molar-refractivity contribution in [2.24, 2.45) is 17.3 Å². The molecule has 0 saturated heterocycles. The molecule has 1 saturated carbocycles. The van der Waals surface area contributed by atoms with Crippen LogP contribution in [0.5, 0.6) is 0 Å². The van der Waals surface area contributed by atoms with Crippen molar-refractivity contribution < 1.29 is 4.79 Å². The Labute approximate surface area is 107 Å². The van der Waals surface area contributed by atoms with Gasteiger partial charge in [-0.1, -0.05) is 40.2 Å². The average Bonchev–Trinajstić information content (AvgIpc) is 2.26. The van der Waals surface area contributed by atoms with Gasteiger partial charge in [-0.05, 0) is 49.0 Å². The summed E-state index contributed by atoms with van der Waals surface area (Å²) in [4.78, 5) is 11.6. The van der Waals surface area contributed by atoms with Crippen LogP contribution in [0.4, 0.5) is 0 Å². The van der Waals surface area contributed by atoms with Crippen molar-refractivity contribution in [2.75, 3.05) is 0 Å². The molecule has 98 valence electrons. The van der Waals surface area contributed by atoms with Crippen LogP contribution in [-0.4, -0.2) is 5.78 Å². The minimum absolute atomic E-state index is 0.238. The Bertz CT molecular complexity index is 280. The summed E-state index contributed by atoms with van der Waals surface area (Å²) in [5.74, 6) is 1.94. The minimum atomic E-state index is 0.238. The van der Waals surface area contributed by atoms with Gasteiger partial charge in [0.25, 0.3) is 0 Å². The van der Waals surface area contributed by atoms with Crippen molar-refractivity contribution >= 4 is 5.78 Å².